The lowest BCUT2D eigenvalue weighted by Gasteiger charge is -2.26. The van der Waals surface area contributed by atoms with Crippen LogP contribution in [0, 0.1) is 23.0 Å². The van der Waals surface area contributed by atoms with E-state index in [2.05, 4.69) is 5.32 Å². The number of sulfonamides is 1. The van der Waals surface area contributed by atoms with Crippen LogP contribution in [0.2, 0.25) is 0 Å². The first-order valence-corrected chi connectivity index (χ1v) is 8.34. The Morgan fingerprint density at radius 2 is 1.88 bits per heavy atom. The summed E-state index contributed by atoms with van der Waals surface area (Å²) >= 11 is 0. The van der Waals surface area contributed by atoms with E-state index in [9.17, 15) is 26.8 Å². The van der Waals surface area contributed by atoms with Crippen LogP contribution < -0.4 is 5.32 Å². The molecule has 1 aromatic carbocycles. The lowest BCUT2D eigenvalue weighted by atomic mass is 10.2. The number of carboxylic acid groups (broad SMARTS) is 1. The number of hydrogen-bond acceptors (Lipinski definition) is 5. The molecule has 0 aromatic heterocycles. The van der Waals surface area contributed by atoms with Gasteiger partial charge in [0.15, 0.2) is 4.90 Å². The highest BCUT2D eigenvalue weighted by Gasteiger charge is 2.36. The van der Waals surface area contributed by atoms with Crippen molar-refractivity contribution in [1.82, 2.24) is 9.62 Å². The number of halogens is 2. The summed E-state index contributed by atoms with van der Waals surface area (Å²) in [5.41, 5.74) is -0.426. The van der Waals surface area contributed by atoms with Crippen LogP contribution >= 0.6 is 0 Å². The molecule has 1 amide bonds. The maximum absolute atomic E-state index is 14.1. The first-order chi connectivity index (χ1) is 11.5. The van der Waals surface area contributed by atoms with E-state index in [1.165, 1.54) is 13.0 Å². The molecule has 8 nitrogen and oxygen atoms in total. The van der Waals surface area contributed by atoms with Gasteiger partial charge in [-0.2, -0.15) is 9.57 Å². The largest absolute Gasteiger partial charge is 0.480 e. The van der Waals surface area contributed by atoms with E-state index in [-0.39, 0.29) is 6.54 Å². The second kappa shape index (κ2) is 8.00. The van der Waals surface area contributed by atoms with Crippen molar-refractivity contribution in [3.63, 3.8) is 0 Å². The van der Waals surface area contributed by atoms with Crippen molar-refractivity contribution >= 4 is 21.9 Å². The topological polar surface area (TPSA) is 128 Å². The van der Waals surface area contributed by atoms with Crippen LogP contribution in [0.1, 0.15) is 19.4 Å². The summed E-state index contributed by atoms with van der Waals surface area (Å²) < 4.78 is 53.6. The van der Waals surface area contributed by atoms with Crippen LogP contribution in [0.15, 0.2) is 17.0 Å². The van der Waals surface area contributed by atoms with Gasteiger partial charge in [-0.25, -0.2) is 17.2 Å². The molecule has 1 unspecified atom stereocenters. The Bertz CT molecular complexity index is 812. The number of nitriles is 1. The van der Waals surface area contributed by atoms with E-state index in [1.807, 2.05) is 0 Å². The minimum atomic E-state index is -4.89. The summed E-state index contributed by atoms with van der Waals surface area (Å²) in [4.78, 5) is 20.7. The summed E-state index contributed by atoms with van der Waals surface area (Å²) in [6.45, 7) is 1.41. The van der Waals surface area contributed by atoms with E-state index in [0.717, 1.165) is 6.92 Å². The van der Waals surface area contributed by atoms with Gasteiger partial charge in [0.05, 0.1) is 11.6 Å². The summed E-state index contributed by atoms with van der Waals surface area (Å²) in [6, 6.07) is 0.899. The number of hydrogen-bond donors (Lipinski definition) is 2. The van der Waals surface area contributed by atoms with Gasteiger partial charge < -0.3 is 10.4 Å². The van der Waals surface area contributed by atoms with E-state index in [0.29, 0.717) is 16.4 Å². The number of benzene rings is 1. The van der Waals surface area contributed by atoms with Gasteiger partial charge in [-0.15, -0.1) is 0 Å². The van der Waals surface area contributed by atoms with Gasteiger partial charge in [-0.1, -0.05) is 0 Å². The third kappa shape index (κ3) is 4.71. The lowest BCUT2D eigenvalue weighted by Crippen LogP contribution is -2.47. The molecular formula is C14H15F2N3O5S. The number of carbonyl (C=O) groups excluding carboxylic acids is 1. The highest BCUT2D eigenvalue weighted by atomic mass is 32.2. The molecule has 11 heteroatoms. The zero-order valence-corrected chi connectivity index (χ0v) is 14.1. The van der Waals surface area contributed by atoms with Crippen molar-refractivity contribution in [3.8, 4) is 6.07 Å². The molecule has 0 aliphatic rings. The van der Waals surface area contributed by atoms with Crippen molar-refractivity contribution in [3.05, 3.63) is 29.3 Å². The van der Waals surface area contributed by atoms with Gasteiger partial charge >= 0.3 is 5.97 Å². The molecule has 25 heavy (non-hydrogen) atoms. The first kappa shape index (κ1) is 20.5. The Kier molecular flexibility index (Phi) is 6.55. The van der Waals surface area contributed by atoms with Gasteiger partial charge in [0.25, 0.3) is 0 Å². The highest BCUT2D eigenvalue weighted by molar-refractivity contribution is 7.89. The molecule has 0 bridgehead atoms. The molecule has 1 aromatic rings. The number of carbonyl (C=O) groups is 2. The number of carboxylic acids is 1. The zero-order valence-electron chi connectivity index (χ0n) is 13.3. The molecule has 0 aliphatic carbocycles. The Hall–Kier alpha value is -2.58. The number of rotatable bonds is 7. The van der Waals surface area contributed by atoms with E-state index in [1.54, 1.807) is 0 Å². The molecule has 0 saturated heterocycles. The first-order valence-electron chi connectivity index (χ1n) is 6.90. The number of nitrogens with one attached hydrogen (secondary N) is 1. The summed E-state index contributed by atoms with van der Waals surface area (Å²) in [6.07, 6.45) is 0. The van der Waals surface area contributed by atoms with Crippen LogP contribution in [0.25, 0.3) is 0 Å². The predicted octanol–water partition coefficient (Wildman–Crippen LogP) is 0.436. The smallest absolute Gasteiger partial charge is 0.321 e. The average Bonchev–Trinajstić information content (AvgIpc) is 2.49. The SMILES string of the molecule is CC(=O)NCCN(C(C)C(=O)O)S(=O)(=O)c1c(F)cc(C#N)cc1F. The lowest BCUT2D eigenvalue weighted by molar-refractivity contribution is -0.140. The fourth-order valence-electron chi connectivity index (χ4n) is 1.98. The Balaban J connectivity index is 3.39. The van der Waals surface area contributed by atoms with Crippen molar-refractivity contribution < 1.29 is 31.9 Å². The Morgan fingerprint density at radius 3 is 2.28 bits per heavy atom. The Labute approximate surface area is 142 Å². The third-order valence-electron chi connectivity index (χ3n) is 3.19. The van der Waals surface area contributed by atoms with Crippen LogP contribution in [0.4, 0.5) is 8.78 Å². The summed E-state index contributed by atoms with van der Waals surface area (Å²) in [5, 5.41) is 20.0. The van der Waals surface area contributed by atoms with Crippen LogP contribution in [0.3, 0.4) is 0 Å². The zero-order chi connectivity index (χ0) is 19.4. The highest BCUT2D eigenvalue weighted by Crippen LogP contribution is 2.25. The quantitative estimate of drug-likeness (QED) is 0.712. The van der Waals surface area contributed by atoms with E-state index >= 15 is 0 Å². The second-order valence-electron chi connectivity index (χ2n) is 4.99. The van der Waals surface area contributed by atoms with Gasteiger partial charge in [0, 0.05) is 20.0 Å². The molecule has 0 radical (unpaired) electrons. The van der Waals surface area contributed by atoms with Crippen LogP contribution in [0.5, 0.6) is 0 Å². The van der Waals surface area contributed by atoms with E-state index < -0.39 is 56.6 Å². The fourth-order valence-corrected chi connectivity index (χ4v) is 3.66. The standard InChI is InChI=1S/C14H15F2N3O5S/c1-8(14(21)22)19(4-3-18-9(2)20)25(23,24)13-11(15)5-10(7-17)6-12(13)16/h5-6,8H,3-4H2,1-2H3,(H,18,20)(H,21,22). The summed E-state index contributed by atoms with van der Waals surface area (Å²) in [5.74, 6) is -5.06. The Morgan fingerprint density at radius 1 is 1.36 bits per heavy atom. The number of aliphatic carboxylic acids is 1. The minimum absolute atomic E-state index is 0.258. The van der Waals surface area contributed by atoms with Crippen molar-refractivity contribution in [2.24, 2.45) is 0 Å². The monoisotopic (exact) mass is 375 g/mol. The van der Waals surface area contributed by atoms with Crippen molar-refractivity contribution in [1.29, 1.82) is 5.26 Å². The van der Waals surface area contributed by atoms with Crippen LogP contribution in [-0.4, -0.2) is 48.8 Å². The van der Waals surface area contributed by atoms with Gasteiger partial charge in [0.1, 0.15) is 17.7 Å². The molecule has 0 saturated carbocycles. The molecule has 0 heterocycles. The maximum atomic E-state index is 14.1. The predicted molar refractivity (Wildman–Crippen MR) is 80.7 cm³/mol. The average molecular weight is 375 g/mol. The molecular weight excluding hydrogens is 360 g/mol. The van der Waals surface area contributed by atoms with E-state index in [4.69, 9.17) is 10.4 Å². The number of amides is 1. The van der Waals surface area contributed by atoms with Gasteiger partial charge in [-0.3, -0.25) is 9.59 Å². The van der Waals surface area contributed by atoms with Gasteiger partial charge in [0.2, 0.25) is 15.9 Å². The van der Waals surface area contributed by atoms with Crippen molar-refractivity contribution in [2.75, 3.05) is 13.1 Å². The number of nitrogens with zero attached hydrogens (tertiary/aromatic N) is 2. The molecule has 1 rings (SSSR count). The second-order valence-corrected chi connectivity index (χ2v) is 6.82. The summed E-state index contributed by atoms with van der Waals surface area (Å²) in [7, 11) is -4.89. The van der Waals surface area contributed by atoms with Gasteiger partial charge in [-0.05, 0) is 19.1 Å². The molecule has 0 spiro atoms. The third-order valence-corrected chi connectivity index (χ3v) is 5.21. The molecule has 136 valence electrons. The minimum Gasteiger partial charge on any atom is -0.480 e. The molecule has 1 atom stereocenters. The van der Waals surface area contributed by atoms with Crippen molar-refractivity contribution in [2.45, 2.75) is 24.8 Å². The van der Waals surface area contributed by atoms with Crippen LogP contribution in [-0.2, 0) is 19.6 Å². The molecule has 0 aliphatic heterocycles. The molecule has 0 fully saturated rings. The maximum Gasteiger partial charge on any atom is 0.321 e. The normalized spacial score (nSPS) is 12.5. The fraction of sp³-hybridized carbons (Fsp3) is 0.357. The molecule has 2 N–H and O–H groups in total.